The van der Waals surface area contributed by atoms with Gasteiger partial charge in [-0.25, -0.2) is 4.98 Å². The number of hydrogen-bond donors (Lipinski definition) is 1. The first-order valence-electron chi connectivity index (χ1n) is 4.73. The van der Waals surface area contributed by atoms with E-state index < -0.39 is 0 Å². The molecule has 0 amide bonds. The quantitative estimate of drug-likeness (QED) is 0.708. The van der Waals surface area contributed by atoms with Crippen LogP contribution in [-0.4, -0.2) is 30.3 Å². The molecule has 2 N–H and O–H groups in total. The molecule has 2 aromatic rings. The molecule has 0 bridgehead atoms. The molecule has 0 aromatic carbocycles. The van der Waals surface area contributed by atoms with Crippen LogP contribution in [0.1, 0.15) is 16.2 Å². The number of nitrogens with zero attached hydrogens (tertiary/aromatic N) is 5. The minimum Gasteiger partial charge on any atom is -0.383 e. The van der Waals surface area contributed by atoms with Crippen LogP contribution in [-0.2, 0) is 20.5 Å². The van der Waals surface area contributed by atoms with Crippen molar-refractivity contribution in [1.29, 1.82) is 0 Å². The summed E-state index contributed by atoms with van der Waals surface area (Å²) in [6.07, 6.45) is 3.05. The molecule has 0 saturated carbocycles. The topological polar surface area (TPSA) is 91.6 Å². The average molecular weight is 220 g/mol. The first kappa shape index (κ1) is 10.3. The third kappa shape index (κ3) is 1.67. The highest BCUT2D eigenvalue weighted by Crippen LogP contribution is 2.12. The molecule has 84 valence electrons. The summed E-state index contributed by atoms with van der Waals surface area (Å²) in [7, 11) is 3.43. The van der Waals surface area contributed by atoms with Crippen LogP contribution in [0.3, 0.4) is 0 Å². The van der Waals surface area contributed by atoms with Crippen LogP contribution in [0.4, 0.5) is 5.82 Å². The highest BCUT2D eigenvalue weighted by atomic mass is 16.1. The number of Topliss-reactive ketones (excluding diaryl/α,β-unsaturated/α-hetero) is 1. The maximum Gasteiger partial charge on any atom is 0.175 e. The third-order valence-corrected chi connectivity index (χ3v) is 2.41. The molecule has 2 aromatic heterocycles. The van der Waals surface area contributed by atoms with Crippen LogP contribution in [0, 0.1) is 0 Å². The zero-order valence-corrected chi connectivity index (χ0v) is 9.08. The zero-order chi connectivity index (χ0) is 11.7. The van der Waals surface area contributed by atoms with Crippen molar-refractivity contribution < 1.29 is 4.79 Å². The fraction of sp³-hybridized carbons (Fsp3) is 0.333. The van der Waals surface area contributed by atoms with Crippen LogP contribution >= 0.6 is 0 Å². The number of anilines is 1. The Morgan fingerprint density at radius 2 is 2.12 bits per heavy atom. The Hall–Kier alpha value is -2.18. The van der Waals surface area contributed by atoms with Crippen molar-refractivity contribution in [1.82, 2.24) is 24.5 Å². The number of aromatic nitrogens is 5. The van der Waals surface area contributed by atoms with Crippen LogP contribution < -0.4 is 5.73 Å². The van der Waals surface area contributed by atoms with Crippen molar-refractivity contribution in [2.75, 3.05) is 5.73 Å². The van der Waals surface area contributed by atoms with Gasteiger partial charge >= 0.3 is 0 Å². The van der Waals surface area contributed by atoms with Gasteiger partial charge in [-0.1, -0.05) is 0 Å². The normalized spacial score (nSPS) is 10.6. The van der Waals surface area contributed by atoms with Crippen molar-refractivity contribution in [3.8, 4) is 0 Å². The summed E-state index contributed by atoms with van der Waals surface area (Å²) >= 11 is 0. The van der Waals surface area contributed by atoms with Gasteiger partial charge in [-0.3, -0.25) is 14.2 Å². The monoisotopic (exact) mass is 220 g/mol. The van der Waals surface area contributed by atoms with E-state index in [-0.39, 0.29) is 12.2 Å². The predicted octanol–water partition coefficient (Wildman–Crippen LogP) is -0.444. The first-order chi connectivity index (χ1) is 7.59. The van der Waals surface area contributed by atoms with Gasteiger partial charge in [-0.05, 0) is 0 Å². The molecule has 0 radical (unpaired) electrons. The van der Waals surface area contributed by atoms with E-state index in [9.17, 15) is 4.79 Å². The van der Waals surface area contributed by atoms with Crippen molar-refractivity contribution in [2.45, 2.75) is 6.42 Å². The summed E-state index contributed by atoms with van der Waals surface area (Å²) in [6, 6.07) is 0. The molecule has 2 rings (SSSR count). The van der Waals surface area contributed by atoms with E-state index in [1.807, 2.05) is 0 Å². The second kappa shape index (κ2) is 3.76. The fourth-order valence-corrected chi connectivity index (χ4v) is 1.38. The number of ketones is 1. The van der Waals surface area contributed by atoms with E-state index in [0.717, 1.165) is 0 Å². The van der Waals surface area contributed by atoms with E-state index in [0.29, 0.717) is 17.2 Å². The Morgan fingerprint density at radius 3 is 2.62 bits per heavy atom. The number of carbonyl (C=O) groups excluding carboxylic acids is 1. The van der Waals surface area contributed by atoms with Crippen LogP contribution in [0.15, 0.2) is 12.5 Å². The van der Waals surface area contributed by atoms with Crippen molar-refractivity contribution in [3.05, 3.63) is 23.9 Å². The molecule has 0 saturated heterocycles. The molecule has 0 spiro atoms. The molecule has 0 aliphatic carbocycles. The second-order valence-electron chi connectivity index (χ2n) is 3.47. The standard InChI is InChI=1S/C9H12N6O/c1-14-8(11-5-13-14)3-7(16)6-4-12-15(2)9(6)10/h4-5H,3,10H2,1-2H3. The number of hydrogen-bond acceptors (Lipinski definition) is 5. The van der Waals surface area contributed by atoms with Gasteiger partial charge in [0.1, 0.15) is 18.0 Å². The lowest BCUT2D eigenvalue weighted by Crippen LogP contribution is -2.11. The summed E-state index contributed by atoms with van der Waals surface area (Å²) < 4.78 is 3.02. The minimum atomic E-state index is -0.110. The third-order valence-electron chi connectivity index (χ3n) is 2.41. The van der Waals surface area contributed by atoms with Crippen LogP contribution in [0.2, 0.25) is 0 Å². The fourth-order valence-electron chi connectivity index (χ4n) is 1.38. The van der Waals surface area contributed by atoms with Gasteiger partial charge < -0.3 is 5.73 Å². The molecular formula is C9H12N6O. The summed E-state index contributed by atoms with van der Waals surface area (Å²) in [4.78, 5) is 15.9. The zero-order valence-electron chi connectivity index (χ0n) is 9.08. The summed E-state index contributed by atoms with van der Waals surface area (Å²) in [5.41, 5.74) is 6.13. The Kier molecular flexibility index (Phi) is 2.43. The maximum absolute atomic E-state index is 11.9. The van der Waals surface area contributed by atoms with Crippen molar-refractivity contribution >= 4 is 11.6 Å². The molecule has 16 heavy (non-hydrogen) atoms. The Labute approximate surface area is 91.9 Å². The van der Waals surface area contributed by atoms with Gasteiger partial charge in [0.05, 0.1) is 18.2 Å². The lowest BCUT2D eigenvalue weighted by atomic mass is 10.1. The average Bonchev–Trinajstić information content (AvgIpc) is 2.77. The Balaban J connectivity index is 2.21. The van der Waals surface area contributed by atoms with E-state index in [2.05, 4.69) is 15.2 Å². The number of carbonyl (C=O) groups is 1. The van der Waals surface area contributed by atoms with E-state index in [1.165, 1.54) is 17.2 Å². The number of rotatable bonds is 3. The molecule has 0 fully saturated rings. The highest BCUT2D eigenvalue weighted by molar-refractivity contribution is 6.00. The van der Waals surface area contributed by atoms with Crippen LogP contribution in [0.25, 0.3) is 0 Å². The number of aryl methyl sites for hydroxylation is 2. The van der Waals surface area contributed by atoms with Crippen molar-refractivity contribution in [3.63, 3.8) is 0 Å². The lowest BCUT2D eigenvalue weighted by molar-refractivity contribution is 0.0990. The first-order valence-corrected chi connectivity index (χ1v) is 4.73. The van der Waals surface area contributed by atoms with Gasteiger partial charge in [-0.2, -0.15) is 10.2 Å². The summed E-state index contributed by atoms with van der Waals surface area (Å²) in [5, 5.41) is 7.81. The molecule has 7 nitrogen and oxygen atoms in total. The number of nitrogens with two attached hydrogens (primary N) is 1. The van der Waals surface area contributed by atoms with Crippen LogP contribution in [0.5, 0.6) is 0 Å². The van der Waals surface area contributed by atoms with E-state index in [1.54, 1.807) is 18.8 Å². The van der Waals surface area contributed by atoms with Gasteiger partial charge in [0, 0.05) is 14.1 Å². The lowest BCUT2D eigenvalue weighted by Gasteiger charge is -2.00. The molecule has 7 heteroatoms. The summed E-state index contributed by atoms with van der Waals surface area (Å²) in [6.45, 7) is 0. The summed E-state index contributed by atoms with van der Waals surface area (Å²) in [5.74, 6) is 0.863. The molecular weight excluding hydrogens is 208 g/mol. The smallest absolute Gasteiger partial charge is 0.175 e. The maximum atomic E-state index is 11.9. The van der Waals surface area contributed by atoms with E-state index >= 15 is 0 Å². The van der Waals surface area contributed by atoms with Gasteiger partial charge in [0.15, 0.2) is 5.78 Å². The molecule has 0 atom stereocenters. The van der Waals surface area contributed by atoms with E-state index in [4.69, 9.17) is 5.73 Å². The highest BCUT2D eigenvalue weighted by Gasteiger charge is 2.16. The van der Waals surface area contributed by atoms with Gasteiger partial charge in [-0.15, -0.1) is 0 Å². The van der Waals surface area contributed by atoms with Crippen molar-refractivity contribution in [2.24, 2.45) is 14.1 Å². The number of nitrogen functional groups attached to an aromatic ring is 1. The van der Waals surface area contributed by atoms with Gasteiger partial charge in [0.2, 0.25) is 0 Å². The Morgan fingerprint density at radius 1 is 1.38 bits per heavy atom. The largest absolute Gasteiger partial charge is 0.383 e. The van der Waals surface area contributed by atoms with Gasteiger partial charge in [0.25, 0.3) is 0 Å². The second-order valence-corrected chi connectivity index (χ2v) is 3.47. The molecule has 0 unspecified atom stereocenters. The molecule has 0 aliphatic rings. The Bertz CT molecular complexity index is 526. The predicted molar refractivity (Wildman–Crippen MR) is 56.7 cm³/mol. The SMILES string of the molecule is Cn1ncnc1CC(=O)c1cnn(C)c1N. The molecule has 2 heterocycles. The minimum absolute atomic E-state index is 0.110. The molecule has 0 aliphatic heterocycles.